The number of carbonyl (C=O) groups excluding carboxylic acids is 1. The summed E-state index contributed by atoms with van der Waals surface area (Å²) in [6.07, 6.45) is 0. The Morgan fingerprint density at radius 2 is 1.89 bits per heavy atom. The number of benzene rings is 1. The number of nitrogen functional groups attached to an aromatic ring is 1. The third-order valence-corrected chi connectivity index (χ3v) is 3.18. The van der Waals surface area contributed by atoms with Gasteiger partial charge in [0.25, 0.3) is 5.91 Å². The number of anilines is 1. The van der Waals surface area contributed by atoms with Gasteiger partial charge in [0.1, 0.15) is 5.75 Å². The Bertz CT molecular complexity index is 413. The van der Waals surface area contributed by atoms with Crippen molar-refractivity contribution >= 4 is 11.6 Å². The van der Waals surface area contributed by atoms with Crippen LogP contribution in [0.2, 0.25) is 0 Å². The van der Waals surface area contributed by atoms with Crippen LogP contribution in [-0.4, -0.2) is 43.6 Å². The Kier molecular flexibility index (Phi) is 5.18. The lowest BCUT2D eigenvalue weighted by Crippen LogP contribution is -2.48. The molecule has 0 heterocycles. The maximum absolute atomic E-state index is 11.7. The van der Waals surface area contributed by atoms with E-state index in [9.17, 15) is 4.79 Å². The molecule has 0 aliphatic heterocycles. The standard InChI is InChI=1S/C14H23N3O2/c1-14(2,17(3)4)10-16-13(18)9-19-12-7-5-11(15)6-8-12/h5-8H,9-10,15H2,1-4H3,(H,16,18). The SMILES string of the molecule is CN(C)C(C)(C)CNC(=O)COc1ccc(N)cc1. The van der Waals surface area contributed by atoms with Gasteiger partial charge in [-0.25, -0.2) is 0 Å². The van der Waals surface area contributed by atoms with E-state index in [0.717, 1.165) is 0 Å². The fourth-order valence-electron chi connectivity index (χ4n) is 1.24. The number of hydrogen-bond donors (Lipinski definition) is 2. The molecule has 1 amide bonds. The van der Waals surface area contributed by atoms with Crippen LogP contribution < -0.4 is 15.8 Å². The van der Waals surface area contributed by atoms with Gasteiger partial charge in [-0.15, -0.1) is 0 Å². The number of nitrogens with one attached hydrogen (secondary N) is 1. The number of likely N-dealkylation sites (N-methyl/N-ethyl adjacent to an activating group) is 1. The van der Waals surface area contributed by atoms with Crippen LogP contribution in [-0.2, 0) is 4.79 Å². The largest absolute Gasteiger partial charge is 0.484 e. The van der Waals surface area contributed by atoms with Gasteiger partial charge in [0.15, 0.2) is 6.61 Å². The van der Waals surface area contributed by atoms with Crippen molar-refractivity contribution in [1.29, 1.82) is 0 Å². The van der Waals surface area contributed by atoms with Crippen LogP contribution in [0.3, 0.4) is 0 Å². The molecular formula is C14H23N3O2. The molecule has 5 nitrogen and oxygen atoms in total. The van der Waals surface area contributed by atoms with Gasteiger partial charge in [-0.05, 0) is 52.2 Å². The van der Waals surface area contributed by atoms with Gasteiger partial charge in [0.05, 0.1) is 0 Å². The molecule has 106 valence electrons. The molecule has 0 aliphatic rings. The molecule has 0 fully saturated rings. The normalized spacial score (nSPS) is 11.4. The summed E-state index contributed by atoms with van der Waals surface area (Å²) in [6, 6.07) is 6.96. The van der Waals surface area contributed by atoms with Crippen molar-refractivity contribution in [3.8, 4) is 5.75 Å². The monoisotopic (exact) mass is 265 g/mol. The lowest BCUT2D eigenvalue weighted by atomic mass is 10.0. The summed E-state index contributed by atoms with van der Waals surface area (Å²) in [5.41, 5.74) is 6.15. The van der Waals surface area contributed by atoms with Crippen LogP contribution in [0.1, 0.15) is 13.8 Å². The molecule has 0 bridgehead atoms. The van der Waals surface area contributed by atoms with Gasteiger partial charge in [-0.1, -0.05) is 0 Å². The van der Waals surface area contributed by atoms with Gasteiger partial charge >= 0.3 is 0 Å². The van der Waals surface area contributed by atoms with Crippen LogP contribution in [0.5, 0.6) is 5.75 Å². The second-order valence-corrected chi connectivity index (χ2v) is 5.34. The van der Waals surface area contributed by atoms with Crippen LogP contribution in [0.15, 0.2) is 24.3 Å². The molecule has 0 saturated carbocycles. The number of nitrogens with zero attached hydrogens (tertiary/aromatic N) is 1. The molecule has 1 aromatic carbocycles. The van der Waals surface area contributed by atoms with Crippen molar-refractivity contribution in [2.45, 2.75) is 19.4 Å². The predicted molar refractivity (Wildman–Crippen MR) is 77.1 cm³/mol. The third kappa shape index (κ3) is 5.18. The molecule has 0 radical (unpaired) electrons. The summed E-state index contributed by atoms with van der Waals surface area (Å²) in [6.45, 7) is 4.71. The second kappa shape index (κ2) is 6.43. The van der Waals surface area contributed by atoms with Gasteiger partial charge in [0, 0.05) is 17.8 Å². The maximum Gasteiger partial charge on any atom is 0.258 e. The van der Waals surface area contributed by atoms with Crippen molar-refractivity contribution in [2.24, 2.45) is 0 Å². The van der Waals surface area contributed by atoms with E-state index in [1.54, 1.807) is 24.3 Å². The molecule has 0 spiro atoms. The van der Waals surface area contributed by atoms with E-state index in [-0.39, 0.29) is 18.1 Å². The first kappa shape index (κ1) is 15.3. The van der Waals surface area contributed by atoms with Crippen molar-refractivity contribution < 1.29 is 9.53 Å². The molecule has 0 atom stereocenters. The fourth-order valence-corrected chi connectivity index (χ4v) is 1.24. The van der Waals surface area contributed by atoms with E-state index in [2.05, 4.69) is 24.1 Å². The number of ether oxygens (including phenoxy) is 1. The van der Waals surface area contributed by atoms with E-state index >= 15 is 0 Å². The minimum Gasteiger partial charge on any atom is -0.484 e. The number of carbonyl (C=O) groups is 1. The first-order valence-corrected chi connectivity index (χ1v) is 6.24. The van der Waals surface area contributed by atoms with Gasteiger partial charge in [0.2, 0.25) is 0 Å². The molecule has 0 unspecified atom stereocenters. The quantitative estimate of drug-likeness (QED) is 0.756. The zero-order chi connectivity index (χ0) is 14.5. The zero-order valence-corrected chi connectivity index (χ0v) is 12.1. The number of nitrogens with two attached hydrogens (primary N) is 1. The first-order valence-electron chi connectivity index (χ1n) is 6.24. The molecule has 19 heavy (non-hydrogen) atoms. The average molecular weight is 265 g/mol. The minimum absolute atomic E-state index is 0.00737. The highest BCUT2D eigenvalue weighted by Gasteiger charge is 2.20. The average Bonchev–Trinajstić information content (AvgIpc) is 2.35. The lowest BCUT2D eigenvalue weighted by Gasteiger charge is -2.32. The highest BCUT2D eigenvalue weighted by Crippen LogP contribution is 2.12. The van der Waals surface area contributed by atoms with Gasteiger partial charge in [-0.2, -0.15) is 0 Å². The Labute approximate surface area is 114 Å². The number of hydrogen-bond acceptors (Lipinski definition) is 4. The first-order chi connectivity index (χ1) is 8.81. The second-order valence-electron chi connectivity index (χ2n) is 5.34. The van der Waals surface area contributed by atoms with Crippen LogP contribution in [0.25, 0.3) is 0 Å². The summed E-state index contributed by atoms with van der Waals surface area (Å²) < 4.78 is 5.37. The predicted octanol–water partition coefficient (Wildman–Crippen LogP) is 1.10. The highest BCUT2D eigenvalue weighted by atomic mass is 16.5. The molecule has 1 aromatic rings. The maximum atomic E-state index is 11.7. The molecule has 1 rings (SSSR count). The summed E-state index contributed by atoms with van der Waals surface area (Å²) in [5.74, 6) is 0.503. The number of amides is 1. The summed E-state index contributed by atoms with van der Waals surface area (Å²) in [5, 5.41) is 2.86. The summed E-state index contributed by atoms with van der Waals surface area (Å²) in [7, 11) is 3.97. The van der Waals surface area contributed by atoms with Crippen LogP contribution in [0, 0.1) is 0 Å². The lowest BCUT2D eigenvalue weighted by molar-refractivity contribution is -0.123. The van der Waals surface area contributed by atoms with Gasteiger partial charge < -0.3 is 20.7 Å². The third-order valence-electron chi connectivity index (χ3n) is 3.18. The Hall–Kier alpha value is -1.75. The molecule has 3 N–H and O–H groups in total. The van der Waals surface area contributed by atoms with E-state index in [0.29, 0.717) is 18.0 Å². The number of rotatable bonds is 6. The van der Waals surface area contributed by atoms with Crippen molar-refractivity contribution in [2.75, 3.05) is 33.0 Å². The Balaban J connectivity index is 2.34. The van der Waals surface area contributed by atoms with Crippen LogP contribution >= 0.6 is 0 Å². The topological polar surface area (TPSA) is 67.6 Å². The van der Waals surface area contributed by atoms with Crippen LogP contribution in [0.4, 0.5) is 5.69 Å². The van der Waals surface area contributed by atoms with E-state index in [1.807, 2.05) is 14.1 Å². The smallest absolute Gasteiger partial charge is 0.258 e. The molecule has 5 heteroatoms. The molecule has 0 aliphatic carbocycles. The van der Waals surface area contributed by atoms with Crippen molar-refractivity contribution in [3.63, 3.8) is 0 Å². The summed E-state index contributed by atoms with van der Waals surface area (Å²) in [4.78, 5) is 13.7. The molecular weight excluding hydrogens is 242 g/mol. The van der Waals surface area contributed by atoms with E-state index in [4.69, 9.17) is 10.5 Å². The van der Waals surface area contributed by atoms with Crippen molar-refractivity contribution in [3.05, 3.63) is 24.3 Å². The highest BCUT2D eigenvalue weighted by molar-refractivity contribution is 5.77. The fraction of sp³-hybridized carbons (Fsp3) is 0.500. The van der Waals surface area contributed by atoms with Crippen molar-refractivity contribution in [1.82, 2.24) is 10.2 Å². The Morgan fingerprint density at radius 1 is 1.32 bits per heavy atom. The van der Waals surface area contributed by atoms with E-state index < -0.39 is 0 Å². The molecule has 0 saturated heterocycles. The minimum atomic E-state index is -0.133. The zero-order valence-electron chi connectivity index (χ0n) is 12.1. The van der Waals surface area contributed by atoms with Gasteiger partial charge in [-0.3, -0.25) is 4.79 Å². The van der Waals surface area contributed by atoms with E-state index in [1.165, 1.54) is 0 Å². The Morgan fingerprint density at radius 3 is 2.42 bits per heavy atom. The molecule has 0 aromatic heterocycles. The summed E-state index contributed by atoms with van der Waals surface area (Å²) >= 11 is 0.